The van der Waals surface area contributed by atoms with E-state index in [2.05, 4.69) is 10.3 Å². The third-order valence-electron chi connectivity index (χ3n) is 2.61. The summed E-state index contributed by atoms with van der Waals surface area (Å²) in [6.45, 7) is 3.52. The summed E-state index contributed by atoms with van der Waals surface area (Å²) in [4.78, 5) is 3.83. The largest absolute Gasteiger partial charge is 0.470 e. The van der Waals surface area contributed by atoms with Crippen molar-refractivity contribution in [1.29, 1.82) is 0 Å². The molecule has 0 radical (unpaired) electrons. The summed E-state index contributed by atoms with van der Waals surface area (Å²) in [5.74, 6) is -1.66. The first-order valence-electron chi connectivity index (χ1n) is 6.05. The molecule has 1 fully saturated rings. The monoisotopic (exact) mass is 258 g/mol. The SMILES string of the molecule is CCCNc1nc(OC2CCOC2)c(F)cc1F. The Bertz CT molecular complexity index is 409. The zero-order valence-corrected chi connectivity index (χ0v) is 10.2. The molecule has 1 aromatic heterocycles. The van der Waals surface area contributed by atoms with Gasteiger partial charge in [-0.3, -0.25) is 0 Å². The van der Waals surface area contributed by atoms with E-state index in [1.165, 1.54) is 0 Å². The average molecular weight is 258 g/mol. The fourth-order valence-corrected chi connectivity index (χ4v) is 1.66. The average Bonchev–Trinajstić information content (AvgIpc) is 2.84. The summed E-state index contributed by atoms with van der Waals surface area (Å²) in [5.41, 5.74) is 0. The van der Waals surface area contributed by atoms with E-state index >= 15 is 0 Å². The minimum absolute atomic E-state index is 0.0205. The molecule has 1 N–H and O–H groups in total. The van der Waals surface area contributed by atoms with Gasteiger partial charge in [-0.25, -0.2) is 8.78 Å². The van der Waals surface area contributed by atoms with Gasteiger partial charge in [0.15, 0.2) is 17.5 Å². The lowest BCUT2D eigenvalue weighted by atomic mass is 10.3. The summed E-state index contributed by atoms with van der Waals surface area (Å²) < 4.78 is 37.4. The van der Waals surface area contributed by atoms with Crippen molar-refractivity contribution in [3.8, 4) is 5.88 Å². The predicted molar refractivity (Wildman–Crippen MR) is 62.8 cm³/mol. The molecule has 0 aromatic carbocycles. The summed E-state index contributed by atoms with van der Waals surface area (Å²) in [6.07, 6.45) is 1.30. The first-order valence-corrected chi connectivity index (χ1v) is 6.05. The summed E-state index contributed by atoms with van der Waals surface area (Å²) >= 11 is 0. The fourth-order valence-electron chi connectivity index (χ4n) is 1.66. The van der Waals surface area contributed by atoms with Crippen LogP contribution in [0, 0.1) is 11.6 Å². The van der Waals surface area contributed by atoms with Crippen molar-refractivity contribution >= 4 is 5.82 Å². The van der Waals surface area contributed by atoms with Gasteiger partial charge >= 0.3 is 0 Å². The van der Waals surface area contributed by atoms with Crippen molar-refractivity contribution in [3.05, 3.63) is 17.7 Å². The van der Waals surface area contributed by atoms with E-state index in [0.717, 1.165) is 12.5 Å². The molecule has 1 atom stereocenters. The lowest BCUT2D eigenvalue weighted by Gasteiger charge is -2.13. The van der Waals surface area contributed by atoms with Crippen molar-refractivity contribution in [3.63, 3.8) is 0 Å². The van der Waals surface area contributed by atoms with E-state index in [-0.39, 0.29) is 17.8 Å². The highest BCUT2D eigenvalue weighted by molar-refractivity contribution is 5.39. The molecule has 1 aliphatic heterocycles. The molecule has 0 spiro atoms. The quantitative estimate of drug-likeness (QED) is 0.880. The molecule has 4 nitrogen and oxygen atoms in total. The standard InChI is InChI=1S/C12H16F2N2O2/c1-2-4-15-11-9(13)6-10(14)12(16-11)18-8-3-5-17-7-8/h6,8H,2-5,7H2,1H3,(H,15,16). The van der Waals surface area contributed by atoms with Gasteiger partial charge in [0.05, 0.1) is 13.2 Å². The molecular weight excluding hydrogens is 242 g/mol. The van der Waals surface area contributed by atoms with Crippen LogP contribution in [-0.2, 0) is 4.74 Å². The molecule has 1 aromatic rings. The number of pyridine rings is 1. The number of nitrogens with zero attached hydrogens (tertiary/aromatic N) is 1. The first kappa shape index (κ1) is 13.0. The number of rotatable bonds is 5. The van der Waals surface area contributed by atoms with Crippen molar-refractivity contribution < 1.29 is 18.3 Å². The van der Waals surface area contributed by atoms with Gasteiger partial charge in [-0.05, 0) is 6.42 Å². The van der Waals surface area contributed by atoms with Crippen LogP contribution >= 0.6 is 0 Å². The van der Waals surface area contributed by atoms with Crippen LogP contribution in [0.25, 0.3) is 0 Å². The summed E-state index contributed by atoms with van der Waals surface area (Å²) in [6, 6.07) is 0.788. The normalized spacial score (nSPS) is 18.9. The highest BCUT2D eigenvalue weighted by Gasteiger charge is 2.21. The Morgan fingerprint density at radius 2 is 2.33 bits per heavy atom. The fraction of sp³-hybridized carbons (Fsp3) is 0.583. The van der Waals surface area contributed by atoms with Crippen LogP contribution in [0.3, 0.4) is 0 Å². The van der Waals surface area contributed by atoms with Gasteiger partial charge in [-0.2, -0.15) is 4.98 Å². The molecule has 2 heterocycles. The van der Waals surface area contributed by atoms with Crippen molar-refractivity contribution in [2.75, 3.05) is 25.1 Å². The molecule has 0 bridgehead atoms. The van der Waals surface area contributed by atoms with Crippen LogP contribution in [0.5, 0.6) is 5.88 Å². The van der Waals surface area contributed by atoms with Gasteiger partial charge in [0.25, 0.3) is 5.88 Å². The molecule has 0 saturated carbocycles. The van der Waals surface area contributed by atoms with Crippen LogP contribution in [0.2, 0.25) is 0 Å². The molecule has 1 aliphatic rings. The topological polar surface area (TPSA) is 43.4 Å². The van der Waals surface area contributed by atoms with E-state index < -0.39 is 11.6 Å². The van der Waals surface area contributed by atoms with Gasteiger partial charge in [0, 0.05) is 19.0 Å². The minimum atomic E-state index is -0.790. The lowest BCUT2D eigenvalue weighted by molar-refractivity contribution is 0.134. The number of aromatic nitrogens is 1. The zero-order valence-electron chi connectivity index (χ0n) is 10.2. The number of anilines is 1. The van der Waals surface area contributed by atoms with Gasteiger partial charge in [0.2, 0.25) is 0 Å². The molecule has 1 unspecified atom stereocenters. The van der Waals surface area contributed by atoms with E-state index in [4.69, 9.17) is 9.47 Å². The number of halogens is 2. The number of hydrogen-bond acceptors (Lipinski definition) is 4. The molecule has 0 amide bonds. The van der Waals surface area contributed by atoms with Gasteiger partial charge in [-0.15, -0.1) is 0 Å². The Labute approximate surface area is 104 Å². The Kier molecular flexibility index (Phi) is 4.30. The maximum absolute atomic E-state index is 13.5. The van der Waals surface area contributed by atoms with Crippen LogP contribution < -0.4 is 10.1 Å². The molecule has 6 heteroatoms. The second-order valence-corrected chi connectivity index (χ2v) is 4.14. The number of hydrogen-bond donors (Lipinski definition) is 1. The van der Waals surface area contributed by atoms with E-state index in [1.54, 1.807) is 0 Å². The zero-order chi connectivity index (χ0) is 13.0. The molecule has 2 rings (SSSR count). The van der Waals surface area contributed by atoms with E-state index in [0.29, 0.717) is 26.2 Å². The molecule has 0 aliphatic carbocycles. The van der Waals surface area contributed by atoms with Crippen molar-refractivity contribution in [2.24, 2.45) is 0 Å². The molecular formula is C12H16F2N2O2. The smallest absolute Gasteiger partial charge is 0.252 e. The van der Waals surface area contributed by atoms with Crippen molar-refractivity contribution in [2.45, 2.75) is 25.9 Å². The van der Waals surface area contributed by atoms with E-state index in [9.17, 15) is 8.78 Å². The Balaban J connectivity index is 2.12. The molecule has 18 heavy (non-hydrogen) atoms. The summed E-state index contributed by atoms with van der Waals surface area (Å²) in [5, 5.41) is 2.79. The Morgan fingerprint density at radius 1 is 1.50 bits per heavy atom. The highest BCUT2D eigenvalue weighted by Crippen LogP contribution is 2.23. The van der Waals surface area contributed by atoms with Gasteiger partial charge in [-0.1, -0.05) is 6.92 Å². The third kappa shape index (κ3) is 3.07. The second-order valence-electron chi connectivity index (χ2n) is 4.14. The highest BCUT2D eigenvalue weighted by atomic mass is 19.1. The van der Waals surface area contributed by atoms with Crippen molar-refractivity contribution in [1.82, 2.24) is 4.98 Å². The maximum Gasteiger partial charge on any atom is 0.252 e. The Morgan fingerprint density at radius 3 is 3.00 bits per heavy atom. The van der Waals surface area contributed by atoms with Crippen LogP contribution in [0.1, 0.15) is 19.8 Å². The lowest BCUT2D eigenvalue weighted by Crippen LogP contribution is -2.18. The van der Waals surface area contributed by atoms with Crippen LogP contribution in [0.4, 0.5) is 14.6 Å². The third-order valence-corrected chi connectivity index (χ3v) is 2.61. The number of nitrogens with one attached hydrogen (secondary N) is 1. The predicted octanol–water partition coefficient (Wildman–Crippen LogP) is 2.35. The van der Waals surface area contributed by atoms with E-state index in [1.807, 2.05) is 6.92 Å². The molecule has 1 saturated heterocycles. The summed E-state index contributed by atoms with van der Waals surface area (Å²) in [7, 11) is 0. The first-order chi connectivity index (χ1) is 8.70. The maximum atomic E-state index is 13.5. The van der Waals surface area contributed by atoms with Gasteiger partial charge < -0.3 is 14.8 Å². The number of ether oxygens (including phenoxy) is 2. The minimum Gasteiger partial charge on any atom is -0.470 e. The second kappa shape index (κ2) is 5.95. The molecule has 100 valence electrons. The Hall–Kier alpha value is -1.43. The van der Waals surface area contributed by atoms with Gasteiger partial charge in [0.1, 0.15) is 6.10 Å². The van der Waals surface area contributed by atoms with Crippen LogP contribution in [-0.4, -0.2) is 30.8 Å². The van der Waals surface area contributed by atoms with Crippen LogP contribution in [0.15, 0.2) is 6.07 Å².